The van der Waals surface area contributed by atoms with E-state index in [9.17, 15) is 9.90 Å². The van der Waals surface area contributed by atoms with Gasteiger partial charge in [-0.1, -0.05) is 15.9 Å². The lowest BCUT2D eigenvalue weighted by Crippen LogP contribution is -2.04. The van der Waals surface area contributed by atoms with Gasteiger partial charge in [-0.3, -0.25) is 4.79 Å². The number of aromatic hydroxyl groups is 1. The van der Waals surface area contributed by atoms with E-state index in [0.717, 1.165) is 4.47 Å². The summed E-state index contributed by atoms with van der Waals surface area (Å²) >= 11 is 3.33. The number of aryl methyl sites for hydroxylation is 1. The van der Waals surface area contributed by atoms with Gasteiger partial charge in [-0.2, -0.15) is 5.10 Å². The third-order valence-electron chi connectivity index (χ3n) is 2.88. The molecule has 1 aromatic carbocycles. The lowest BCUT2D eigenvalue weighted by atomic mass is 10.0. The molecule has 2 rings (SSSR count). The average molecular weight is 323 g/mol. The minimum Gasteiger partial charge on any atom is -0.493 e. The van der Waals surface area contributed by atoms with Gasteiger partial charge in [0, 0.05) is 10.0 Å². The van der Waals surface area contributed by atoms with Crippen LogP contribution in [0.5, 0.6) is 5.88 Å². The number of ketones is 1. The Bertz CT molecular complexity index is 615. The van der Waals surface area contributed by atoms with Gasteiger partial charge in [0.25, 0.3) is 0 Å². The minimum atomic E-state index is -0.214. The molecule has 1 aromatic heterocycles. The molecule has 0 radical (unpaired) electrons. The molecule has 0 unspecified atom stereocenters. The van der Waals surface area contributed by atoms with Crippen LogP contribution in [0, 0.1) is 6.92 Å². The Morgan fingerprint density at radius 2 is 1.89 bits per heavy atom. The highest BCUT2D eigenvalue weighted by atomic mass is 79.9. The van der Waals surface area contributed by atoms with Crippen molar-refractivity contribution in [2.45, 2.75) is 26.8 Å². The van der Waals surface area contributed by atoms with E-state index < -0.39 is 0 Å². The molecule has 5 heteroatoms. The van der Waals surface area contributed by atoms with Gasteiger partial charge >= 0.3 is 0 Å². The fourth-order valence-corrected chi connectivity index (χ4v) is 2.17. The van der Waals surface area contributed by atoms with Crippen molar-refractivity contribution in [3.63, 3.8) is 0 Å². The molecule has 0 bridgehead atoms. The number of carbonyl (C=O) groups excluding carboxylic acids is 1. The molecule has 1 heterocycles. The zero-order chi connectivity index (χ0) is 14.2. The molecule has 4 nitrogen and oxygen atoms in total. The molecule has 0 aliphatic carbocycles. The molecule has 1 N–H and O–H groups in total. The number of benzene rings is 1. The first kappa shape index (κ1) is 13.8. The van der Waals surface area contributed by atoms with Gasteiger partial charge in [0.15, 0.2) is 5.78 Å². The summed E-state index contributed by atoms with van der Waals surface area (Å²) in [7, 11) is 0. The van der Waals surface area contributed by atoms with E-state index >= 15 is 0 Å². The van der Waals surface area contributed by atoms with Gasteiger partial charge in [-0.05, 0) is 45.0 Å². The smallest absolute Gasteiger partial charge is 0.221 e. The lowest BCUT2D eigenvalue weighted by molar-refractivity contribution is 0.103. The molecule has 0 fully saturated rings. The third kappa shape index (κ3) is 2.56. The van der Waals surface area contributed by atoms with Crippen LogP contribution in [0.3, 0.4) is 0 Å². The maximum absolute atomic E-state index is 12.4. The summed E-state index contributed by atoms with van der Waals surface area (Å²) in [5.41, 5.74) is 1.35. The summed E-state index contributed by atoms with van der Waals surface area (Å²) in [6.07, 6.45) is 0. The summed E-state index contributed by atoms with van der Waals surface area (Å²) in [6, 6.07) is 7.04. The van der Waals surface area contributed by atoms with Crippen LogP contribution in [-0.2, 0) is 0 Å². The molecule has 0 aliphatic heterocycles. The third-order valence-corrected chi connectivity index (χ3v) is 3.41. The number of aromatic nitrogens is 2. The maximum Gasteiger partial charge on any atom is 0.221 e. The van der Waals surface area contributed by atoms with Gasteiger partial charge < -0.3 is 5.11 Å². The van der Waals surface area contributed by atoms with Gasteiger partial charge in [-0.15, -0.1) is 0 Å². The fraction of sp³-hybridized carbons (Fsp3) is 0.286. The fourth-order valence-electron chi connectivity index (χ4n) is 1.91. The normalized spacial score (nSPS) is 11.0. The second-order valence-electron chi connectivity index (χ2n) is 4.66. The van der Waals surface area contributed by atoms with Crippen LogP contribution in [0.2, 0.25) is 0 Å². The molecule has 0 saturated heterocycles. The van der Waals surface area contributed by atoms with Crippen molar-refractivity contribution in [1.29, 1.82) is 0 Å². The first-order valence-corrected chi connectivity index (χ1v) is 6.79. The van der Waals surface area contributed by atoms with Crippen LogP contribution in [0.4, 0.5) is 0 Å². The topological polar surface area (TPSA) is 55.1 Å². The summed E-state index contributed by atoms with van der Waals surface area (Å²) in [5, 5.41) is 14.3. The first-order valence-electron chi connectivity index (χ1n) is 6.00. The molecule has 0 saturated carbocycles. The molecule has 19 heavy (non-hydrogen) atoms. The number of hydrogen-bond donors (Lipinski definition) is 1. The van der Waals surface area contributed by atoms with Crippen LogP contribution < -0.4 is 0 Å². The Morgan fingerprint density at radius 3 is 2.37 bits per heavy atom. The second kappa shape index (κ2) is 5.17. The van der Waals surface area contributed by atoms with Crippen molar-refractivity contribution >= 4 is 21.7 Å². The van der Waals surface area contributed by atoms with Crippen molar-refractivity contribution in [3.05, 3.63) is 45.6 Å². The van der Waals surface area contributed by atoms with Gasteiger partial charge in [-0.25, -0.2) is 4.68 Å². The van der Waals surface area contributed by atoms with E-state index in [1.165, 1.54) is 4.68 Å². The number of rotatable bonds is 3. The molecule has 0 spiro atoms. The molecule has 0 amide bonds. The van der Waals surface area contributed by atoms with Crippen molar-refractivity contribution in [2.24, 2.45) is 0 Å². The molecule has 0 atom stereocenters. The highest BCUT2D eigenvalue weighted by Gasteiger charge is 2.23. The van der Waals surface area contributed by atoms with Crippen LogP contribution in [0.1, 0.15) is 41.5 Å². The first-order chi connectivity index (χ1) is 8.91. The van der Waals surface area contributed by atoms with E-state index in [-0.39, 0.29) is 23.3 Å². The van der Waals surface area contributed by atoms with Gasteiger partial charge in [0.05, 0.1) is 11.7 Å². The van der Waals surface area contributed by atoms with Crippen LogP contribution in [0.15, 0.2) is 28.7 Å². The largest absolute Gasteiger partial charge is 0.493 e. The Balaban J connectivity index is 2.47. The standard InChI is InChI=1S/C14H15BrN2O2/c1-8(2)17-14(19)12(9(3)16-17)13(18)10-4-6-11(15)7-5-10/h4-8,19H,1-3H3. The second-order valence-corrected chi connectivity index (χ2v) is 5.57. The predicted octanol–water partition coefficient (Wildman–Crippen LogP) is 3.47. The number of nitrogens with zero attached hydrogens (tertiary/aromatic N) is 2. The van der Waals surface area contributed by atoms with E-state index in [4.69, 9.17) is 0 Å². The van der Waals surface area contributed by atoms with Gasteiger partial charge in [0.1, 0.15) is 5.56 Å². The summed E-state index contributed by atoms with van der Waals surface area (Å²) in [4.78, 5) is 12.4. The van der Waals surface area contributed by atoms with Crippen molar-refractivity contribution in [1.82, 2.24) is 9.78 Å². The molecular weight excluding hydrogens is 308 g/mol. The molecular formula is C14H15BrN2O2. The number of halogens is 1. The highest BCUT2D eigenvalue weighted by molar-refractivity contribution is 9.10. The van der Waals surface area contributed by atoms with E-state index in [1.807, 2.05) is 13.8 Å². The molecule has 100 valence electrons. The Kier molecular flexibility index (Phi) is 3.75. The average Bonchev–Trinajstić information content (AvgIpc) is 2.65. The molecule has 0 aliphatic rings. The van der Waals surface area contributed by atoms with Crippen molar-refractivity contribution in [2.75, 3.05) is 0 Å². The zero-order valence-electron chi connectivity index (χ0n) is 11.0. The SMILES string of the molecule is Cc1nn(C(C)C)c(O)c1C(=O)c1ccc(Br)cc1. The summed E-state index contributed by atoms with van der Waals surface area (Å²) in [6.45, 7) is 5.53. The zero-order valence-corrected chi connectivity index (χ0v) is 12.6. The maximum atomic E-state index is 12.4. The molecule has 2 aromatic rings. The highest BCUT2D eigenvalue weighted by Crippen LogP contribution is 2.27. The summed E-state index contributed by atoms with van der Waals surface area (Å²) < 4.78 is 2.37. The summed E-state index contributed by atoms with van der Waals surface area (Å²) in [5.74, 6) is -0.283. The van der Waals surface area contributed by atoms with Crippen LogP contribution in [0.25, 0.3) is 0 Å². The monoisotopic (exact) mass is 322 g/mol. The minimum absolute atomic E-state index is 0.00479. The van der Waals surface area contributed by atoms with Crippen molar-refractivity contribution < 1.29 is 9.90 Å². The Labute approximate surface area is 120 Å². The lowest BCUT2D eigenvalue weighted by Gasteiger charge is -2.06. The van der Waals surface area contributed by atoms with E-state index in [1.54, 1.807) is 31.2 Å². The predicted molar refractivity (Wildman–Crippen MR) is 76.6 cm³/mol. The number of hydrogen-bond acceptors (Lipinski definition) is 3. The Morgan fingerprint density at radius 1 is 1.32 bits per heavy atom. The quantitative estimate of drug-likeness (QED) is 0.880. The van der Waals surface area contributed by atoms with Crippen LogP contribution in [-0.4, -0.2) is 20.7 Å². The van der Waals surface area contributed by atoms with Crippen LogP contribution >= 0.6 is 15.9 Å². The van der Waals surface area contributed by atoms with E-state index in [2.05, 4.69) is 21.0 Å². The Hall–Kier alpha value is -1.62. The van der Waals surface area contributed by atoms with Gasteiger partial charge in [0.2, 0.25) is 5.88 Å². The van der Waals surface area contributed by atoms with Crippen molar-refractivity contribution in [3.8, 4) is 5.88 Å². The number of carbonyl (C=O) groups is 1. The van der Waals surface area contributed by atoms with E-state index in [0.29, 0.717) is 11.3 Å².